The molecule has 0 bridgehead atoms. The molecule has 24 heavy (non-hydrogen) atoms. The van der Waals surface area contributed by atoms with Crippen LogP contribution in [0.1, 0.15) is 16.8 Å². The molecule has 0 saturated carbocycles. The van der Waals surface area contributed by atoms with Gasteiger partial charge < -0.3 is 5.32 Å². The summed E-state index contributed by atoms with van der Waals surface area (Å²) < 4.78 is 1.85. The van der Waals surface area contributed by atoms with E-state index >= 15 is 0 Å². The van der Waals surface area contributed by atoms with Gasteiger partial charge in [-0.05, 0) is 51.1 Å². The highest BCUT2D eigenvalue weighted by Gasteiger charge is 2.04. The number of benzene rings is 2. The van der Waals surface area contributed by atoms with Crippen molar-refractivity contribution in [3.63, 3.8) is 0 Å². The SMILES string of the molecule is Cc1ccc(N=c2cc(C)n(C)nc2Nc2ccc(C)cc2)cc1. The van der Waals surface area contributed by atoms with Crippen molar-refractivity contribution in [1.29, 1.82) is 0 Å². The Labute approximate surface area is 142 Å². The summed E-state index contributed by atoms with van der Waals surface area (Å²) in [6.07, 6.45) is 0. The van der Waals surface area contributed by atoms with Crippen LogP contribution in [0.5, 0.6) is 0 Å². The maximum Gasteiger partial charge on any atom is 0.176 e. The highest BCUT2D eigenvalue weighted by Crippen LogP contribution is 2.15. The minimum Gasteiger partial charge on any atom is -0.337 e. The van der Waals surface area contributed by atoms with Crippen LogP contribution in [0.3, 0.4) is 0 Å². The molecule has 1 aromatic heterocycles. The standard InChI is InChI=1S/C20H22N4/c1-14-5-9-17(10-6-14)21-19-13-16(3)24(4)23-20(19)22-18-11-7-15(2)8-12-18/h5-13H,1-4H3,(H,22,23). The molecule has 0 fully saturated rings. The lowest BCUT2D eigenvalue weighted by Gasteiger charge is -2.10. The van der Waals surface area contributed by atoms with Crippen LogP contribution in [0.25, 0.3) is 0 Å². The van der Waals surface area contributed by atoms with Crippen molar-refractivity contribution in [2.24, 2.45) is 12.0 Å². The summed E-state index contributed by atoms with van der Waals surface area (Å²) in [5, 5.41) is 8.82. The van der Waals surface area contributed by atoms with Gasteiger partial charge in [0.05, 0.1) is 5.69 Å². The molecule has 122 valence electrons. The van der Waals surface area contributed by atoms with E-state index in [2.05, 4.69) is 48.5 Å². The molecule has 4 heteroatoms. The number of aromatic nitrogens is 2. The second-order valence-corrected chi connectivity index (χ2v) is 6.08. The molecule has 0 aliphatic rings. The van der Waals surface area contributed by atoms with Crippen molar-refractivity contribution in [1.82, 2.24) is 9.78 Å². The molecule has 0 unspecified atom stereocenters. The second-order valence-electron chi connectivity index (χ2n) is 6.08. The molecule has 0 saturated heterocycles. The molecule has 3 rings (SSSR count). The van der Waals surface area contributed by atoms with Gasteiger partial charge in [0.15, 0.2) is 5.82 Å². The molecule has 0 aliphatic heterocycles. The summed E-state index contributed by atoms with van der Waals surface area (Å²) >= 11 is 0. The highest BCUT2D eigenvalue weighted by atomic mass is 15.3. The lowest BCUT2D eigenvalue weighted by molar-refractivity contribution is 0.708. The van der Waals surface area contributed by atoms with Crippen molar-refractivity contribution in [2.75, 3.05) is 5.32 Å². The van der Waals surface area contributed by atoms with Crippen LogP contribution in [0.4, 0.5) is 17.2 Å². The number of aryl methyl sites for hydroxylation is 4. The quantitative estimate of drug-likeness (QED) is 0.781. The number of rotatable bonds is 3. The number of nitrogens with one attached hydrogen (secondary N) is 1. The third kappa shape index (κ3) is 3.71. The Hall–Kier alpha value is -2.88. The minimum absolute atomic E-state index is 0.743. The predicted molar refractivity (Wildman–Crippen MR) is 98.8 cm³/mol. The Morgan fingerprint density at radius 3 is 2.08 bits per heavy atom. The van der Waals surface area contributed by atoms with Crippen LogP contribution >= 0.6 is 0 Å². The molecule has 1 heterocycles. The molecule has 2 aromatic carbocycles. The molecule has 0 atom stereocenters. The Bertz CT molecular complexity index is 904. The summed E-state index contributed by atoms with van der Waals surface area (Å²) in [7, 11) is 1.94. The van der Waals surface area contributed by atoms with Crippen LogP contribution in [0, 0.1) is 20.8 Å². The first-order chi connectivity index (χ1) is 11.5. The van der Waals surface area contributed by atoms with E-state index in [-0.39, 0.29) is 0 Å². The molecule has 0 spiro atoms. The third-order valence-corrected chi connectivity index (χ3v) is 3.95. The maximum atomic E-state index is 4.76. The van der Waals surface area contributed by atoms with E-state index in [4.69, 9.17) is 4.99 Å². The summed E-state index contributed by atoms with van der Waals surface area (Å²) in [6.45, 7) is 6.17. The van der Waals surface area contributed by atoms with Gasteiger partial charge >= 0.3 is 0 Å². The number of nitrogens with zero attached hydrogens (tertiary/aromatic N) is 3. The van der Waals surface area contributed by atoms with Crippen LogP contribution in [0.2, 0.25) is 0 Å². The van der Waals surface area contributed by atoms with E-state index < -0.39 is 0 Å². The van der Waals surface area contributed by atoms with Gasteiger partial charge in [0.1, 0.15) is 5.36 Å². The van der Waals surface area contributed by atoms with Crippen molar-refractivity contribution < 1.29 is 0 Å². The summed E-state index contributed by atoms with van der Waals surface area (Å²) in [4.78, 5) is 4.76. The van der Waals surface area contributed by atoms with Gasteiger partial charge in [-0.1, -0.05) is 35.4 Å². The van der Waals surface area contributed by atoms with E-state index in [1.165, 1.54) is 11.1 Å². The summed E-state index contributed by atoms with van der Waals surface area (Å²) in [6, 6.07) is 18.5. The summed E-state index contributed by atoms with van der Waals surface area (Å²) in [5.74, 6) is 0.743. The van der Waals surface area contributed by atoms with E-state index in [0.29, 0.717) is 0 Å². The lowest BCUT2D eigenvalue weighted by Crippen LogP contribution is -2.17. The molecule has 0 radical (unpaired) electrons. The topological polar surface area (TPSA) is 42.2 Å². The molecule has 0 amide bonds. The number of hydrogen-bond acceptors (Lipinski definition) is 3. The van der Waals surface area contributed by atoms with Crippen molar-refractivity contribution in [3.05, 3.63) is 76.8 Å². The largest absolute Gasteiger partial charge is 0.337 e. The third-order valence-electron chi connectivity index (χ3n) is 3.95. The van der Waals surface area contributed by atoms with Gasteiger partial charge in [-0.3, -0.25) is 4.68 Å². The maximum absolute atomic E-state index is 4.76. The van der Waals surface area contributed by atoms with E-state index in [0.717, 1.165) is 28.2 Å². The Morgan fingerprint density at radius 2 is 1.46 bits per heavy atom. The summed E-state index contributed by atoms with van der Waals surface area (Å²) in [5.41, 5.74) is 5.42. The van der Waals surface area contributed by atoms with E-state index in [1.54, 1.807) is 0 Å². The number of hydrogen-bond donors (Lipinski definition) is 1. The highest BCUT2D eigenvalue weighted by molar-refractivity contribution is 5.56. The Morgan fingerprint density at radius 1 is 0.875 bits per heavy atom. The first-order valence-corrected chi connectivity index (χ1v) is 8.01. The molecular weight excluding hydrogens is 296 g/mol. The van der Waals surface area contributed by atoms with Gasteiger partial charge in [-0.15, -0.1) is 0 Å². The second kappa shape index (κ2) is 6.71. The molecular formula is C20H22N4. The molecule has 4 nitrogen and oxygen atoms in total. The fourth-order valence-corrected chi connectivity index (χ4v) is 2.35. The van der Waals surface area contributed by atoms with Gasteiger partial charge in [0.2, 0.25) is 0 Å². The van der Waals surface area contributed by atoms with Crippen molar-refractivity contribution >= 4 is 17.2 Å². The van der Waals surface area contributed by atoms with Crippen LogP contribution in [-0.2, 0) is 7.05 Å². The first kappa shape index (κ1) is 16.0. The normalized spacial score (nSPS) is 11.6. The molecule has 0 aliphatic carbocycles. The fraction of sp³-hybridized carbons (Fsp3) is 0.200. The first-order valence-electron chi connectivity index (χ1n) is 8.01. The van der Waals surface area contributed by atoms with Crippen LogP contribution in [0.15, 0.2) is 59.6 Å². The van der Waals surface area contributed by atoms with Gasteiger partial charge in [-0.25, -0.2) is 4.99 Å². The average molecular weight is 318 g/mol. The van der Waals surface area contributed by atoms with Crippen molar-refractivity contribution in [2.45, 2.75) is 20.8 Å². The van der Waals surface area contributed by atoms with Crippen LogP contribution < -0.4 is 10.7 Å². The fourth-order valence-electron chi connectivity index (χ4n) is 2.35. The van der Waals surface area contributed by atoms with Gasteiger partial charge in [0, 0.05) is 18.4 Å². The van der Waals surface area contributed by atoms with E-state index in [9.17, 15) is 0 Å². The molecule has 3 aromatic rings. The zero-order chi connectivity index (χ0) is 17.1. The smallest absolute Gasteiger partial charge is 0.176 e. The van der Waals surface area contributed by atoms with E-state index in [1.807, 2.05) is 49.0 Å². The molecule has 1 N–H and O–H groups in total. The Kier molecular flexibility index (Phi) is 4.47. The van der Waals surface area contributed by atoms with Gasteiger partial charge in [-0.2, -0.15) is 5.10 Å². The van der Waals surface area contributed by atoms with Crippen molar-refractivity contribution in [3.8, 4) is 0 Å². The number of anilines is 2. The minimum atomic E-state index is 0.743. The predicted octanol–water partition coefficient (Wildman–Crippen LogP) is 4.32. The Balaban J connectivity index is 2.05. The lowest BCUT2D eigenvalue weighted by atomic mass is 10.2. The zero-order valence-electron chi connectivity index (χ0n) is 14.5. The van der Waals surface area contributed by atoms with Crippen LogP contribution in [-0.4, -0.2) is 9.78 Å². The van der Waals surface area contributed by atoms with Gasteiger partial charge in [0.25, 0.3) is 0 Å². The average Bonchev–Trinajstić information content (AvgIpc) is 2.56. The monoisotopic (exact) mass is 318 g/mol. The zero-order valence-corrected chi connectivity index (χ0v) is 14.5.